The van der Waals surface area contributed by atoms with Crippen LogP contribution < -0.4 is 16.0 Å². The maximum Gasteiger partial charge on any atom is 0.408 e. The molecule has 0 saturated heterocycles. The molecule has 6 N–H and O–H groups in total. The molecule has 0 fully saturated rings. The Hall–Kier alpha value is -5.65. The average molecular weight is 667 g/mol. The summed E-state index contributed by atoms with van der Waals surface area (Å²) in [6.07, 6.45) is 2.71. The minimum atomic E-state index is -1.53. The lowest BCUT2D eigenvalue weighted by atomic mass is 9.76. The molecule has 0 spiro atoms. The number of aromatic nitrogens is 3. The molecular weight excluding hydrogens is 624 g/mol. The number of para-hydroxylation sites is 1. The van der Waals surface area contributed by atoms with E-state index < -0.39 is 46.5 Å². The van der Waals surface area contributed by atoms with Crippen LogP contribution in [0.4, 0.5) is 10.6 Å². The third-order valence-corrected chi connectivity index (χ3v) is 8.47. The molecule has 0 bridgehead atoms. The molecule has 5 aromatic rings. The minimum absolute atomic E-state index is 0.0872. The standard InChI is InChI=1S/C37H42N6O6/c1-7-37(33(46)47,25-17-16-22-12-8-9-13-23(22)18-25)31-39-21-29(42-31)41-30(44)28(19-24-20-38-27-15-11-10-14-26(24)27)40-32(45)36(5,6)43-34(48)49-35(2,3)4/h8-18,20-21,28,38H,7,19H2,1-6H3,(H,39,42)(H,40,45)(H,41,44)(H,43,48)(H,46,47)/t28-,37?/m1/s1. The average Bonchev–Trinajstić information content (AvgIpc) is 3.67. The van der Waals surface area contributed by atoms with Crippen LogP contribution in [-0.2, 0) is 31.0 Å². The molecule has 256 valence electrons. The van der Waals surface area contributed by atoms with Crippen LogP contribution in [0.15, 0.2) is 79.1 Å². The number of imidazole rings is 1. The summed E-state index contributed by atoms with van der Waals surface area (Å²) >= 11 is 0. The highest BCUT2D eigenvalue weighted by molar-refractivity contribution is 5.99. The van der Waals surface area contributed by atoms with E-state index in [1.165, 1.54) is 20.0 Å². The number of benzene rings is 3. The maximum absolute atomic E-state index is 13.9. The van der Waals surface area contributed by atoms with E-state index in [0.717, 1.165) is 27.2 Å². The number of carbonyl (C=O) groups excluding carboxylic acids is 3. The fourth-order valence-electron chi connectivity index (χ4n) is 5.84. The monoisotopic (exact) mass is 666 g/mol. The number of H-pyrrole nitrogens is 2. The number of anilines is 1. The van der Waals surface area contributed by atoms with E-state index >= 15 is 0 Å². The molecule has 12 nitrogen and oxygen atoms in total. The van der Waals surface area contributed by atoms with Gasteiger partial charge in [-0.25, -0.2) is 9.78 Å². The Kier molecular flexibility index (Phi) is 9.52. The number of rotatable bonds is 11. The van der Waals surface area contributed by atoms with Crippen molar-refractivity contribution >= 4 is 51.4 Å². The van der Waals surface area contributed by atoms with Crippen molar-refractivity contribution in [2.45, 2.75) is 77.0 Å². The number of fused-ring (bicyclic) bond motifs is 2. The van der Waals surface area contributed by atoms with Crippen LogP contribution >= 0.6 is 0 Å². The van der Waals surface area contributed by atoms with E-state index in [-0.39, 0.29) is 24.5 Å². The number of hydrogen-bond acceptors (Lipinski definition) is 6. The highest BCUT2D eigenvalue weighted by Crippen LogP contribution is 2.36. The molecule has 2 atom stereocenters. The number of ether oxygens (including phenoxy) is 1. The predicted octanol–water partition coefficient (Wildman–Crippen LogP) is 5.79. The number of alkyl carbamates (subject to hydrolysis) is 1. The molecule has 3 amide bonds. The summed E-state index contributed by atoms with van der Waals surface area (Å²) in [5.41, 5.74) is -1.56. The first-order valence-corrected chi connectivity index (χ1v) is 16.1. The van der Waals surface area contributed by atoms with Crippen molar-refractivity contribution in [2.24, 2.45) is 0 Å². The molecule has 0 radical (unpaired) electrons. The van der Waals surface area contributed by atoms with Gasteiger partial charge in [-0.15, -0.1) is 0 Å². The van der Waals surface area contributed by atoms with Crippen molar-refractivity contribution in [3.63, 3.8) is 0 Å². The Labute approximate surface area is 284 Å². The molecule has 12 heteroatoms. The van der Waals surface area contributed by atoms with Crippen LogP contribution in [-0.4, -0.2) is 61.1 Å². The number of carboxylic acids is 1. The number of nitrogens with one attached hydrogen (secondary N) is 5. The second kappa shape index (κ2) is 13.5. The van der Waals surface area contributed by atoms with Gasteiger partial charge in [-0.3, -0.25) is 14.4 Å². The Morgan fingerprint density at radius 2 is 1.59 bits per heavy atom. The molecular formula is C37H42N6O6. The van der Waals surface area contributed by atoms with E-state index in [1.54, 1.807) is 40.0 Å². The first-order chi connectivity index (χ1) is 23.1. The zero-order valence-electron chi connectivity index (χ0n) is 28.4. The van der Waals surface area contributed by atoms with Gasteiger partial charge in [0.25, 0.3) is 0 Å². The van der Waals surface area contributed by atoms with Crippen LogP contribution in [0.1, 0.15) is 64.9 Å². The lowest BCUT2D eigenvalue weighted by molar-refractivity contribution is -0.142. The van der Waals surface area contributed by atoms with Crippen molar-refractivity contribution in [3.05, 3.63) is 96.1 Å². The van der Waals surface area contributed by atoms with Gasteiger partial charge in [0.1, 0.15) is 28.4 Å². The van der Waals surface area contributed by atoms with E-state index in [0.29, 0.717) is 5.56 Å². The van der Waals surface area contributed by atoms with Crippen LogP contribution in [0.25, 0.3) is 21.7 Å². The van der Waals surface area contributed by atoms with E-state index in [1.807, 2.05) is 60.7 Å². The number of amides is 3. The molecule has 0 aliphatic heterocycles. The Balaban J connectivity index is 1.43. The zero-order chi connectivity index (χ0) is 35.6. The summed E-state index contributed by atoms with van der Waals surface area (Å²) < 4.78 is 5.33. The lowest BCUT2D eigenvalue weighted by Crippen LogP contribution is -2.59. The smallest absolute Gasteiger partial charge is 0.408 e. The molecule has 1 unspecified atom stereocenters. The van der Waals surface area contributed by atoms with E-state index in [9.17, 15) is 24.3 Å². The molecule has 3 aromatic carbocycles. The van der Waals surface area contributed by atoms with Gasteiger partial charge < -0.3 is 35.8 Å². The van der Waals surface area contributed by atoms with Crippen molar-refractivity contribution in [3.8, 4) is 0 Å². The Bertz CT molecular complexity index is 2020. The minimum Gasteiger partial charge on any atom is -0.480 e. The third kappa shape index (κ3) is 7.43. The molecule has 2 aromatic heterocycles. The van der Waals surface area contributed by atoms with Crippen molar-refractivity contribution in [1.29, 1.82) is 0 Å². The highest BCUT2D eigenvalue weighted by atomic mass is 16.6. The van der Waals surface area contributed by atoms with Gasteiger partial charge in [0.2, 0.25) is 11.8 Å². The molecule has 2 heterocycles. The Morgan fingerprint density at radius 1 is 0.898 bits per heavy atom. The predicted molar refractivity (Wildman–Crippen MR) is 187 cm³/mol. The summed E-state index contributed by atoms with van der Waals surface area (Å²) in [5, 5.41) is 21.4. The largest absolute Gasteiger partial charge is 0.480 e. The molecule has 5 rings (SSSR count). The number of carbonyl (C=O) groups is 4. The number of nitrogens with zero attached hydrogens (tertiary/aromatic N) is 1. The van der Waals surface area contributed by atoms with Crippen LogP contribution in [0.2, 0.25) is 0 Å². The first kappa shape index (κ1) is 34.7. The highest BCUT2D eigenvalue weighted by Gasteiger charge is 2.44. The van der Waals surface area contributed by atoms with Gasteiger partial charge >= 0.3 is 12.1 Å². The van der Waals surface area contributed by atoms with Crippen LogP contribution in [0.3, 0.4) is 0 Å². The van der Waals surface area contributed by atoms with Crippen molar-refractivity contribution < 1.29 is 29.0 Å². The first-order valence-electron chi connectivity index (χ1n) is 16.1. The zero-order valence-corrected chi connectivity index (χ0v) is 28.4. The van der Waals surface area contributed by atoms with Crippen molar-refractivity contribution in [2.75, 3.05) is 5.32 Å². The number of hydrogen-bond donors (Lipinski definition) is 6. The van der Waals surface area contributed by atoms with Gasteiger partial charge in [-0.2, -0.15) is 0 Å². The lowest BCUT2D eigenvalue weighted by Gasteiger charge is -2.29. The van der Waals surface area contributed by atoms with Gasteiger partial charge in [0, 0.05) is 29.7 Å². The third-order valence-electron chi connectivity index (χ3n) is 8.47. The van der Waals surface area contributed by atoms with Gasteiger partial charge in [0.05, 0.1) is 0 Å². The van der Waals surface area contributed by atoms with Gasteiger partial charge in [-0.05, 0) is 75.1 Å². The molecule has 0 aliphatic rings. The van der Waals surface area contributed by atoms with Gasteiger partial charge in [-0.1, -0.05) is 61.5 Å². The maximum atomic E-state index is 13.9. The topological polar surface area (TPSA) is 178 Å². The van der Waals surface area contributed by atoms with Crippen molar-refractivity contribution in [1.82, 2.24) is 25.6 Å². The number of aromatic amines is 2. The van der Waals surface area contributed by atoms with E-state index in [2.05, 4.69) is 30.9 Å². The van der Waals surface area contributed by atoms with Crippen LogP contribution in [0, 0.1) is 0 Å². The molecule has 49 heavy (non-hydrogen) atoms. The molecule has 0 aliphatic carbocycles. The SMILES string of the molecule is CCC(C(=O)O)(c1ccc2ccccc2c1)c1nc(NC(=O)[C@@H](Cc2c[nH]c3ccccc23)NC(=O)C(C)(C)NC(=O)OC(C)(C)C)c[nH]1. The normalized spacial score (nSPS) is 13.8. The number of aliphatic carboxylic acids is 1. The second-order valence-corrected chi connectivity index (χ2v) is 13.6. The summed E-state index contributed by atoms with van der Waals surface area (Å²) in [6.45, 7) is 9.93. The quantitative estimate of drug-likeness (QED) is 0.103. The summed E-state index contributed by atoms with van der Waals surface area (Å²) in [6, 6.07) is 19.7. The second-order valence-electron chi connectivity index (χ2n) is 13.6. The summed E-state index contributed by atoms with van der Waals surface area (Å²) in [7, 11) is 0. The fraction of sp³-hybridized carbons (Fsp3) is 0.324. The number of carboxylic acid groups (broad SMARTS) is 1. The van der Waals surface area contributed by atoms with Gasteiger partial charge in [0.15, 0.2) is 5.82 Å². The van der Waals surface area contributed by atoms with E-state index in [4.69, 9.17) is 4.74 Å². The summed E-state index contributed by atoms with van der Waals surface area (Å²) in [5.74, 6) is -2.07. The van der Waals surface area contributed by atoms with Crippen LogP contribution in [0.5, 0.6) is 0 Å². The Morgan fingerprint density at radius 3 is 2.29 bits per heavy atom. The fourth-order valence-corrected chi connectivity index (χ4v) is 5.84. The molecule has 0 saturated carbocycles. The summed E-state index contributed by atoms with van der Waals surface area (Å²) in [4.78, 5) is 63.6.